The van der Waals surface area contributed by atoms with Gasteiger partial charge in [-0.15, -0.1) is 0 Å². The van der Waals surface area contributed by atoms with E-state index in [0.717, 1.165) is 77.0 Å². The van der Waals surface area contributed by atoms with Crippen LogP contribution in [0.25, 0.3) is 0 Å². The van der Waals surface area contributed by atoms with E-state index in [2.05, 4.69) is 45.1 Å². The Hall–Kier alpha value is -1.42. The summed E-state index contributed by atoms with van der Waals surface area (Å²) in [4.78, 5) is 26.0. The van der Waals surface area contributed by atoms with E-state index in [4.69, 9.17) is 4.74 Å². The second-order valence-electron chi connectivity index (χ2n) is 13.5. The molecule has 0 heterocycles. The summed E-state index contributed by atoms with van der Waals surface area (Å²) in [7, 11) is 0. The van der Waals surface area contributed by atoms with E-state index in [1.165, 1.54) is 96.3 Å². The molecule has 45 heavy (non-hydrogen) atoms. The van der Waals surface area contributed by atoms with Gasteiger partial charge in [-0.3, -0.25) is 4.79 Å². The van der Waals surface area contributed by atoms with Crippen molar-refractivity contribution in [3.05, 3.63) is 24.3 Å². The average molecular weight is 633 g/mol. The van der Waals surface area contributed by atoms with Crippen molar-refractivity contribution in [1.82, 2.24) is 0 Å². The van der Waals surface area contributed by atoms with Crippen LogP contribution in [0.5, 0.6) is 0 Å². The molecular formula is C41H76O4. The second kappa shape index (κ2) is 33.9. The largest absolute Gasteiger partial charge is 0.463 e. The number of esters is 1. The van der Waals surface area contributed by atoms with E-state index in [1.807, 2.05) is 0 Å². The number of allylic oxidation sites excluding steroid dienone is 4. The van der Waals surface area contributed by atoms with E-state index in [9.17, 15) is 14.7 Å². The lowest BCUT2D eigenvalue weighted by Crippen LogP contribution is -2.48. The summed E-state index contributed by atoms with van der Waals surface area (Å²) in [6.07, 6.45) is 42.0. The van der Waals surface area contributed by atoms with Gasteiger partial charge in [0.2, 0.25) is 5.60 Å². The molecule has 0 aliphatic heterocycles. The van der Waals surface area contributed by atoms with Crippen LogP contribution < -0.4 is 0 Å². The topological polar surface area (TPSA) is 63.6 Å². The maximum atomic E-state index is 13.1. The first-order valence-electron chi connectivity index (χ1n) is 19.8. The molecule has 264 valence electrons. The van der Waals surface area contributed by atoms with Gasteiger partial charge in [0.05, 0.1) is 6.61 Å². The number of carbonyl (C=O) groups excluding carboxylic acids is 2. The normalized spacial score (nSPS) is 13.2. The number of Topliss-reactive ketones (excluding diaryl/α,β-unsaturated/α-hetero) is 1. The SMILES string of the molecule is CCCCC/C=C\C/C=C\CCCCCCCC(=O)C(O)(CCCCCCCCCCCCCCCC)C(=O)OCCCCC. The summed E-state index contributed by atoms with van der Waals surface area (Å²) in [5, 5.41) is 11.3. The molecule has 1 unspecified atom stereocenters. The molecule has 0 saturated heterocycles. The predicted octanol–water partition coefficient (Wildman–Crippen LogP) is 12.7. The highest BCUT2D eigenvalue weighted by atomic mass is 16.5. The van der Waals surface area contributed by atoms with Crippen molar-refractivity contribution in [3.8, 4) is 0 Å². The molecule has 0 radical (unpaired) electrons. The molecule has 0 fully saturated rings. The van der Waals surface area contributed by atoms with Crippen LogP contribution in [0, 0.1) is 0 Å². The summed E-state index contributed by atoms with van der Waals surface area (Å²) in [6.45, 7) is 6.89. The highest BCUT2D eigenvalue weighted by Crippen LogP contribution is 2.23. The molecule has 0 aliphatic rings. The van der Waals surface area contributed by atoms with Crippen LogP contribution in [-0.2, 0) is 14.3 Å². The molecule has 4 heteroatoms. The van der Waals surface area contributed by atoms with Gasteiger partial charge < -0.3 is 9.84 Å². The fourth-order valence-electron chi connectivity index (χ4n) is 5.87. The van der Waals surface area contributed by atoms with Crippen molar-refractivity contribution in [1.29, 1.82) is 0 Å². The minimum atomic E-state index is -1.97. The molecule has 0 aromatic heterocycles. The van der Waals surface area contributed by atoms with Crippen molar-refractivity contribution >= 4 is 11.8 Å². The molecule has 0 saturated carbocycles. The lowest BCUT2D eigenvalue weighted by atomic mass is 9.88. The first-order valence-corrected chi connectivity index (χ1v) is 19.8. The Kier molecular flexibility index (Phi) is 32.9. The number of hydrogen-bond acceptors (Lipinski definition) is 4. The van der Waals surface area contributed by atoms with Gasteiger partial charge in [-0.2, -0.15) is 0 Å². The fraction of sp³-hybridized carbons (Fsp3) is 0.854. The molecule has 0 rings (SSSR count). The number of aliphatic hydroxyl groups is 1. The van der Waals surface area contributed by atoms with Gasteiger partial charge in [0.15, 0.2) is 5.78 Å². The molecule has 4 nitrogen and oxygen atoms in total. The predicted molar refractivity (Wildman–Crippen MR) is 195 cm³/mol. The van der Waals surface area contributed by atoms with Crippen LogP contribution in [0.4, 0.5) is 0 Å². The summed E-state index contributed by atoms with van der Waals surface area (Å²) in [6, 6.07) is 0. The molecule has 1 atom stereocenters. The molecule has 1 N–H and O–H groups in total. The summed E-state index contributed by atoms with van der Waals surface area (Å²) >= 11 is 0. The smallest absolute Gasteiger partial charge is 0.345 e. The van der Waals surface area contributed by atoms with Gasteiger partial charge in [-0.1, -0.05) is 173 Å². The van der Waals surface area contributed by atoms with Gasteiger partial charge in [0, 0.05) is 6.42 Å². The van der Waals surface area contributed by atoms with Crippen molar-refractivity contribution < 1.29 is 19.4 Å². The van der Waals surface area contributed by atoms with Gasteiger partial charge in [-0.05, 0) is 57.8 Å². The quantitative estimate of drug-likeness (QED) is 0.0327. The van der Waals surface area contributed by atoms with E-state index in [-0.39, 0.29) is 25.2 Å². The molecule has 0 amide bonds. The molecule has 0 spiro atoms. The highest BCUT2D eigenvalue weighted by Gasteiger charge is 2.43. The van der Waals surface area contributed by atoms with Crippen LogP contribution in [-0.4, -0.2) is 29.1 Å². The third-order valence-corrected chi connectivity index (χ3v) is 9.03. The number of unbranched alkanes of at least 4 members (excludes halogenated alkanes) is 23. The van der Waals surface area contributed by atoms with E-state index in [1.54, 1.807) is 0 Å². The van der Waals surface area contributed by atoms with Crippen LogP contribution in [0.1, 0.15) is 213 Å². The molecule has 0 bridgehead atoms. The van der Waals surface area contributed by atoms with Gasteiger partial charge in [0.1, 0.15) is 0 Å². The molecule has 0 aromatic carbocycles. The first-order chi connectivity index (χ1) is 22.0. The third kappa shape index (κ3) is 27.4. The van der Waals surface area contributed by atoms with Crippen molar-refractivity contribution in [2.75, 3.05) is 6.61 Å². The summed E-state index contributed by atoms with van der Waals surface area (Å²) in [5.74, 6) is -1.07. The zero-order valence-electron chi connectivity index (χ0n) is 30.4. The van der Waals surface area contributed by atoms with Crippen LogP contribution in [0.2, 0.25) is 0 Å². The molecular weight excluding hydrogens is 556 g/mol. The third-order valence-electron chi connectivity index (χ3n) is 9.03. The Balaban J connectivity index is 4.22. The van der Waals surface area contributed by atoms with Crippen molar-refractivity contribution in [3.63, 3.8) is 0 Å². The van der Waals surface area contributed by atoms with Gasteiger partial charge in [-0.25, -0.2) is 4.79 Å². The fourth-order valence-corrected chi connectivity index (χ4v) is 5.87. The molecule has 0 aliphatic carbocycles. The Labute approximate surface area is 280 Å². The Morgan fingerprint density at radius 2 is 0.911 bits per heavy atom. The Morgan fingerprint density at radius 1 is 0.511 bits per heavy atom. The Morgan fingerprint density at radius 3 is 1.44 bits per heavy atom. The van der Waals surface area contributed by atoms with E-state index >= 15 is 0 Å². The second-order valence-corrected chi connectivity index (χ2v) is 13.5. The maximum Gasteiger partial charge on any atom is 0.345 e. The minimum Gasteiger partial charge on any atom is -0.463 e. The number of carbonyl (C=O) groups is 2. The van der Waals surface area contributed by atoms with Crippen LogP contribution in [0.3, 0.4) is 0 Å². The number of hydrogen-bond donors (Lipinski definition) is 1. The highest BCUT2D eigenvalue weighted by molar-refractivity contribution is 6.06. The molecule has 0 aromatic rings. The average Bonchev–Trinajstić information content (AvgIpc) is 3.04. The number of rotatable bonds is 35. The number of ketones is 1. The minimum absolute atomic E-state index is 0.191. The zero-order chi connectivity index (χ0) is 33.1. The number of ether oxygens (including phenoxy) is 1. The van der Waals surface area contributed by atoms with Crippen molar-refractivity contribution in [2.24, 2.45) is 0 Å². The standard InChI is InChI=1S/C41H76O4/c1-4-7-10-12-14-16-18-20-22-23-25-27-29-31-33-36-39(42)41(44,40(43)45-38-35-9-6-3)37-34-32-30-28-26-24-21-19-17-15-13-11-8-5-2/h14,16,20,22,44H,4-13,15,17-19,21,23-38H2,1-3H3/b16-14-,22-20-. The Bertz CT molecular complexity index is 712. The van der Waals surface area contributed by atoms with Gasteiger partial charge >= 0.3 is 5.97 Å². The lowest BCUT2D eigenvalue weighted by Gasteiger charge is -2.25. The maximum absolute atomic E-state index is 13.1. The summed E-state index contributed by atoms with van der Waals surface area (Å²) < 4.78 is 5.41. The van der Waals surface area contributed by atoms with Crippen LogP contribution in [0.15, 0.2) is 24.3 Å². The summed E-state index contributed by atoms with van der Waals surface area (Å²) in [5.41, 5.74) is -1.97. The van der Waals surface area contributed by atoms with Gasteiger partial charge in [0.25, 0.3) is 0 Å². The lowest BCUT2D eigenvalue weighted by molar-refractivity contribution is -0.171. The zero-order valence-corrected chi connectivity index (χ0v) is 30.4. The first kappa shape index (κ1) is 43.6. The van der Waals surface area contributed by atoms with E-state index < -0.39 is 11.6 Å². The monoisotopic (exact) mass is 633 g/mol. The van der Waals surface area contributed by atoms with Crippen molar-refractivity contribution in [2.45, 2.75) is 219 Å². The van der Waals surface area contributed by atoms with Crippen LogP contribution >= 0.6 is 0 Å². The van der Waals surface area contributed by atoms with E-state index in [0.29, 0.717) is 6.42 Å².